The molecule has 0 bridgehead atoms. The summed E-state index contributed by atoms with van der Waals surface area (Å²) in [5.74, 6) is -0.202. The van der Waals surface area contributed by atoms with E-state index in [1.807, 2.05) is 12.1 Å². The van der Waals surface area contributed by atoms with E-state index in [0.717, 1.165) is 5.56 Å². The average Bonchev–Trinajstić information content (AvgIpc) is 3.08. The van der Waals surface area contributed by atoms with Crippen molar-refractivity contribution in [2.75, 3.05) is 7.05 Å². The Balaban J connectivity index is 1.78. The molecule has 96 valence electrons. The van der Waals surface area contributed by atoms with Crippen LogP contribution in [-0.4, -0.2) is 33.3 Å². The number of fused-ring (bicyclic) bond motifs is 1. The van der Waals surface area contributed by atoms with Crippen molar-refractivity contribution in [2.24, 2.45) is 0 Å². The molecule has 0 aliphatic heterocycles. The monoisotopic (exact) mass is 258 g/mol. The molecular formula is C12H10N4O3. The quantitative estimate of drug-likeness (QED) is 0.707. The summed E-state index contributed by atoms with van der Waals surface area (Å²) in [7, 11) is 1.70. The highest BCUT2D eigenvalue weighted by Crippen LogP contribution is 2.13. The van der Waals surface area contributed by atoms with Crippen LogP contribution in [-0.2, 0) is 6.54 Å². The minimum atomic E-state index is -0.202. The van der Waals surface area contributed by atoms with Gasteiger partial charge in [0.1, 0.15) is 17.3 Å². The number of hydrogen-bond acceptors (Lipinski definition) is 6. The van der Waals surface area contributed by atoms with Crippen molar-refractivity contribution in [2.45, 2.75) is 6.54 Å². The molecule has 3 rings (SSSR count). The zero-order chi connectivity index (χ0) is 13.2. The highest BCUT2D eigenvalue weighted by Gasteiger charge is 2.15. The van der Waals surface area contributed by atoms with Crippen LogP contribution in [0.15, 0.2) is 39.7 Å². The van der Waals surface area contributed by atoms with Crippen molar-refractivity contribution in [3.05, 3.63) is 41.8 Å². The normalized spacial score (nSPS) is 10.8. The average molecular weight is 258 g/mol. The van der Waals surface area contributed by atoms with Crippen LogP contribution in [0.1, 0.15) is 16.1 Å². The Morgan fingerprint density at radius 1 is 1.21 bits per heavy atom. The van der Waals surface area contributed by atoms with Gasteiger partial charge in [0.05, 0.1) is 0 Å². The Kier molecular flexibility index (Phi) is 2.71. The van der Waals surface area contributed by atoms with E-state index < -0.39 is 0 Å². The Morgan fingerprint density at radius 3 is 2.84 bits per heavy atom. The molecule has 0 radical (unpaired) electrons. The maximum atomic E-state index is 12.0. The summed E-state index contributed by atoms with van der Waals surface area (Å²) in [5.41, 5.74) is 2.57. The Hall–Kier alpha value is -2.70. The number of benzene rings is 1. The van der Waals surface area contributed by atoms with Gasteiger partial charge in [-0.15, -0.1) is 0 Å². The number of carbonyl (C=O) groups is 1. The lowest BCUT2D eigenvalue weighted by Gasteiger charge is -2.15. The predicted octanol–water partition coefficient (Wildman–Crippen LogP) is 1.48. The van der Waals surface area contributed by atoms with Crippen molar-refractivity contribution in [1.82, 2.24) is 20.4 Å². The third-order valence-corrected chi connectivity index (χ3v) is 2.74. The molecule has 7 heteroatoms. The van der Waals surface area contributed by atoms with E-state index in [1.165, 1.54) is 12.3 Å². The van der Waals surface area contributed by atoms with Crippen LogP contribution >= 0.6 is 0 Å². The molecular weight excluding hydrogens is 248 g/mol. The van der Waals surface area contributed by atoms with Gasteiger partial charge in [-0.05, 0) is 28.0 Å². The number of nitrogens with zero attached hydrogens (tertiary/aromatic N) is 4. The van der Waals surface area contributed by atoms with Crippen LogP contribution in [0.3, 0.4) is 0 Å². The van der Waals surface area contributed by atoms with Gasteiger partial charge in [-0.2, -0.15) is 0 Å². The topological polar surface area (TPSA) is 85.3 Å². The van der Waals surface area contributed by atoms with Gasteiger partial charge in [0.2, 0.25) is 0 Å². The second-order valence-electron chi connectivity index (χ2n) is 4.13. The maximum Gasteiger partial charge on any atom is 0.276 e. The second-order valence-corrected chi connectivity index (χ2v) is 4.13. The molecule has 0 fully saturated rings. The summed E-state index contributed by atoms with van der Waals surface area (Å²) in [4.78, 5) is 13.5. The van der Waals surface area contributed by atoms with E-state index in [9.17, 15) is 4.79 Å². The first-order valence-corrected chi connectivity index (χ1v) is 5.61. The molecule has 0 atom stereocenters. The molecule has 0 unspecified atom stereocenters. The maximum absolute atomic E-state index is 12.0. The third-order valence-electron chi connectivity index (χ3n) is 2.74. The minimum absolute atomic E-state index is 0.202. The first kappa shape index (κ1) is 11.4. The molecule has 2 aromatic heterocycles. The van der Waals surface area contributed by atoms with Gasteiger partial charge in [-0.25, -0.2) is 4.63 Å². The summed E-state index contributed by atoms with van der Waals surface area (Å²) in [5, 5.41) is 11.1. The second kappa shape index (κ2) is 4.52. The fourth-order valence-electron chi connectivity index (χ4n) is 1.79. The summed E-state index contributed by atoms with van der Waals surface area (Å²) in [6.45, 7) is 0.439. The Bertz CT molecular complexity index is 705. The first-order chi connectivity index (χ1) is 9.24. The molecule has 0 saturated carbocycles. The van der Waals surface area contributed by atoms with E-state index in [-0.39, 0.29) is 11.6 Å². The van der Waals surface area contributed by atoms with Crippen molar-refractivity contribution in [1.29, 1.82) is 0 Å². The van der Waals surface area contributed by atoms with Crippen LogP contribution in [0.25, 0.3) is 11.0 Å². The summed E-state index contributed by atoms with van der Waals surface area (Å²) in [6, 6.07) is 7.04. The molecule has 0 saturated heterocycles. The molecule has 7 nitrogen and oxygen atoms in total. The van der Waals surface area contributed by atoms with Crippen molar-refractivity contribution in [3.63, 3.8) is 0 Å². The van der Waals surface area contributed by atoms with Crippen molar-refractivity contribution < 1.29 is 13.9 Å². The number of aromatic nitrogens is 3. The van der Waals surface area contributed by atoms with Crippen LogP contribution in [0.2, 0.25) is 0 Å². The molecule has 3 aromatic rings. The summed E-state index contributed by atoms with van der Waals surface area (Å²) >= 11 is 0. The summed E-state index contributed by atoms with van der Waals surface area (Å²) < 4.78 is 9.28. The molecule has 19 heavy (non-hydrogen) atoms. The number of rotatable bonds is 3. The SMILES string of the molecule is CN(Cc1ccc2nonc2c1)C(=O)c1ccon1. The largest absolute Gasteiger partial charge is 0.364 e. The standard InChI is InChI=1S/C12H10N4O3/c1-16(12(17)10-4-5-18-13-10)7-8-2-3-9-11(6-8)15-19-14-9/h2-6H,7H2,1H3. The Labute approximate surface area is 107 Å². The predicted molar refractivity (Wildman–Crippen MR) is 64.1 cm³/mol. The van der Waals surface area contributed by atoms with Gasteiger partial charge < -0.3 is 9.42 Å². The lowest BCUT2D eigenvalue weighted by atomic mass is 10.2. The molecule has 1 aromatic carbocycles. The van der Waals surface area contributed by atoms with Crippen LogP contribution < -0.4 is 0 Å². The van der Waals surface area contributed by atoms with Gasteiger partial charge >= 0.3 is 0 Å². The fraction of sp³-hybridized carbons (Fsp3) is 0.167. The number of hydrogen-bond donors (Lipinski definition) is 0. The van der Waals surface area contributed by atoms with Crippen LogP contribution in [0, 0.1) is 0 Å². The van der Waals surface area contributed by atoms with Gasteiger partial charge in [-0.3, -0.25) is 4.79 Å². The van der Waals surface area contributed by atoms with Gasteiger partial charge in [0.15, 0.2) is 5.69 Å². The fourth-order valence-corrected chi connectivity index (χ4v) is 1.79. The summed E-state index contributed by atoms with van der Waals surface area (Å²) in [6.07, 6.45) is 1.37. The number of carbonyl (C=O) groups excluding carboxylic acids is 1. The highest BCUT2D eigenvalue weighted by molar-refractivity contribution is 5.91. The molecule has 0 spiro atoms. The van der Waals surface area contributed by atoms with Gasteiger partial charge in [0.25, 0.3) is 5.91 Å². The zero-order valence-corrected chi connectivity index (χ0v) is 10.1. The van der Waals surface area contributed by atoms with E-state index in [0.29, 0.717) is 17.6 Å². The zero-order valence-electron chi connectivity index (χ0n) is 10.1. The lowest BCUT2D eigenvalue weighted by molar-refractivity contribution is 0.0775. The lowest BCUT2D eigenvalue weighted by Crippen LogP contribution is -2.26. The van der Waals surface area contributed by atoms with Crippen molar-refractivity contribution in [3.8, 4) is 0 Å². The molecule has 2 heterocycles. The van der Waals surface area contributed by atoms with E-state index in [4.69, 9.17) is 0 Å². The van der Waals surface area contributed by atoms with E-state index >= 15 is 0 Å². The van der Waals surface area contributed by atoms with Crippen LogP contribution in [0.4, 0.5) is 0 Å². The van der Waals surface area contributed by atoms with Gasteiger partial charge in [0, 0.05) is 19.7 Å². The van der Waals surface area contributed by atoms with E-state index in [1.54, 1.807) is 18.0 Å². The van der Waals surface area contributed by atoms with E-state index in [2.05, 4.69) is 24.6 Å². The minimum Gasteiger partial charge on any atom is -0.364 e. The highest BCUT2D eigenvalue weighted by atomic mass is 16.6. The first-order valence-electron chi connectivity index (χ1n) is 5.61. The Morgan fingerprint density at radius 2 is 2.05 bits per heavy atom. The molecule has 1 amide bonds. The van der Waals surface area contributed by atoms with Crippen molar-refractivity contribution >= 4 is 16.9 Å². The molecule has 0 aliphatic rings. The third kappa shape index (κ3) is 2.17. The molecule has 0 aliphatic carbocycles. The smallest absolute Gasteiger partial charge is 0.276 e. The van der Waals surface area contributed by atoms with Gasteiger partial charge in [-0.1, -0.05) is 11.2 Å². The van der Waals surface area contributed by atoms with Crippen LogP contribution in [0.5, 0.6) is 0 Å². The number of amides is 1. The molecule has 0 N–H and O–H groups in total.